The number of nitrogens with one attached hydrogen (secondary N) is 1. The second-order valence-electron chi connectivity index (χ2n) is 4.57. The molecule has 0 spiro atoms. The quantitative estimate of drug-likeness (QED) is 0.861. The molecule has 0 saturated carbocycles. The van der Waals surface area contributed by atoms with Gasteiger partial charge in [0.1, 0.15) is 0 Å². The fourth-order valence-corrected chi connectivity index (χ4v) is 2.41. The zero-order valence-corrected chi connectivity index (χ0v) is 11.9. The van der Waals surface area contributed by atoms with Gasteiger partial charge in [0.2, 0.25) is 0 Å². The monoisotopic (exact) mass is 274 g/mol. The number of hydrogen-bond donors (Lipinski definition) is 1. The molecule has 2 rings (SSSR count). The summed E-state index contributed by atoms with van der Waals surface area (Å²) in [5.41, 5.74) is 2.52. The highest BCUT2D eigenvalue weighted by atomic mass is 35.5. The zero-order chi connectivity index (χ0) is 13.5. The lowest BCUT2D eigenvalue weighted by molar-refractivity contribution is 0.515. The van der Waals surface area contributed by atoms with Crippen LogP contribution in [0, 0.1) is 0 Å². The van der Waals surface area contributed by atoms with Gasteiger partial charge in [-0.25, -0.2) is 0 Å². The topological polar surface area (TPSA) is 24.9 Å². The van der Waals surface area contributed by atoms with Crippen LogP contribution >= 0.6 is 11.6 Å². The van der Waals surface area contributed by atoms with Crippen LogP contribution in [0.3, 0.4) is 0 Å². The van der Waals surface area contributed by atoms with Crippen molar-refractivity contribution in [3.8, 4) is 0 Å². The summed E-state index contributed by atoms with van der Waals surface area (Å²) in [6, 6.07) is 12.5. The number of aromatic nitrogens is 1. The van der Waals surface area contributed by atoms with E-state index < -0.39 is 0 Å². The molecule has 0 radical (unpaired) electrons. The van der Waals surface area contributed by atoms with Crippen molar-refractivity contribution >= 4 is 11.6 Å². The molecule has 0 aliphatic rings. The standard InChI is InChI=1S/C16H19ClN2/c1-2-19-16(14-6-3-7-15(17)11-14)9-8-13-5-4-10-18-12-13/h3-7,10-12,16,19H,2,8-9H2,1H3. The Kier molecular flexibility index (Phi) is 5.37. The van der Waals surface area contributed by atoms with Crippen LogP contribution in [0.4, 0.5) is 0 Å². The second kappa shape index (κ2) is 7.27. The van der Waals surface area contributed by atoms with Crippen LogP contribution in [0.15, 0.2) is 48.8 Å². The number of pyridine rings is 1. The molecule has 0 bridgehead atoms. The Morgan fingerprint density at radius 1 is 1.26 bits per heavy atom. The van der Waals surface area contributed by atoms with Crippen LogP contribution in [-0.2, 0) is 6.42 Å². The molecule has 2 nitrogen and oxygen atoms in total. The fourth-order valence-electron chi connectivity index (χ4n) is 2.21. The lowest BCUT2D eigenvalue weighted by atomic mass is 9.99. The molecule has 0 fully saturated rings. The molecule has 1 heterocycles. The molecule has 0 amide bonds. The van der Waals surface area contributed by atoms with Crippen molar-refractivity contribution in [2.24, 2.45) is 0 Å². The summed E-state index contributed by atoms with van der Waals surface area (Å²) >= 11 is 6.07. The van der Waals surface area contributed by atoms with E-state index in [1.807, 2.05) is 36.7 Å². The van der Waals surface area contributed by atoms with Crippen molar-refractivity contribution in [3.63, 3.8) is 0 Å². The number of hydrogen-bond acceptors (Lipinski definition) is 2. The summed E-state index contributed by atoms with van der Waals surface area (Å²) in [5.74, 6) is 0. The lowest BCUT2D eigenvalue weighted by Gasteiger charge is -2.18. The molecule has 1 N–H and O–H groups in total. The number of aryl methyl sites for hydroxylation is 1. The van der Waals surface area contributed by atoms with Gasteiger partial charge in [0, 0.05) is 23.5 Å². The third kappa shape index (κ3) is 4.34. The molecule has 0 aliphatic heterocycles. The maximum absolute atomic E-state index is 6.07. The molecule has 100 valence electrons. The molecule has 1 unspecified atom stereocenters. The molecule has 1 aromatic heterocycles. The average Bonchev–Trinajstić information content (AvgIpc) is 2.44. The van der Waals surface area contributed by atoms with Crippen molar-refractivity contribution < 1.29 is 0 Å². The normalized spacial score (nSPS) is 12.3. The van der Waals surface area contributed by atoms with Gasteiger partial charge < -0.3 is 5.32 Å². The predicted octanol–water partition coefficient (Wildman–Crippen LogP) is 4.02. The Morgan fingerprint density at radius 3 is 2.84 bits per heavy atom. The van der Waals surface area contributed by atoms with Gasteiger partial charge in [0.15, 0.2) is 0 Å². The van der Waals surface area contributed by atoms with E-state index in [0.717, 1.165) is 24.4 Å². The van der Waals surface area contributed by atoms with Gasteiger partial charge in [-0.2, -0.15) is 0 Å². The first-order chi connectivity index (χ1) is 9.29. The fraction of sp³-hybridized carbons (Fsp3) is 0.312. The average molecular weight is 275 g/mol. The van der Waals surface area contributed by atoms with Crippen LogP contribution in [-0.4, -0.2) is 11.5 Å². The van der Waals surface area contributed by atoms with E-state index in [-0.39, 0.29) is 0 Å². The molecule has 0 aliphatic carbocycles. The molecule has 3 heteroatoms. The van der Waals surface area contributed by atoms with Crippen molar-refractivity contribution in [1.29, 1.82) is 0 Å². The zero-order valence-electron chi connectivity index (χ0n) is 11.1. The maximum atomic E-state index is 6.07. The third-order valence-electron chi connectivity index (χ3n) is 3.15. The van der Waals surface area contributed by atoms with Gasteiger partial charge in [0.05, 0.1) is 0 Å². The van der Waals surface area contributed by atoms with Crippen LogP contribution in [0.5, 0.6) is 0 Å². The van der Waals surface area contributed by atoms with Crippen LogP contribution in [0.2, 0.25) is 5.02 Å². The number of rotatable bonds is 6. The van der Waals surface area contributed by atoms with Gasteiger partial charge in [-0.1, -0.05) is 36.7 Å². The molecule has 1 atom stereocenters. The molecule has 19 heavy (non-hydrogen) atoms. The number of halogens is 1. The Labute approximate surface area is 119 Å². The minimum absolute atomic E-state index is 0.337. The molecular weight excluding hydrogens is 256 g/mol. The van der Waals surface area contributed by atoms with E-state index in [0.29, 0.717) is 6.04 Å². The smallest absolute Gasteiger partial charge is 0.0409 e. The summed E-state index contributed by atoms with van der Waals surface area (Å²) in [4.78, 5) is 4.15. The van der Waals surface area contributed by atoms with Crippen LogP contribution in [0.25, 0.3) is 0 Å². The van der Waals surface area contributed by atoms with E-state index in [1.165, 1.54) is 11.1 Å². The van der Waals surface area contributed by atoms with Crippen molar-refractivity contribution in [2.45, 2.75) is 25.8 Å². The first kappa shape index (κ1) is 14.0. The largest absolute Gasteiger partial charge is 0.310 e. The molecule has 0 saturated heterocycles. The summed E-state index contributed by atoms with van der Waals surface area (Å²) in [6.45, 7) is 3.08. The predicted molar refractivity (Wildman–Crippen MR) is 80.4 cm³/mol. The first-order valence-electron chi connectivity index (χ1n) is 6.67. The maximum Gasteiger partial charge on any atom is 0.0409 e. The van der Waals surface area contributed by atoms with Gasteiger partial charge in [-0.15, -0.1) is 0 Å². The Bertz CT molecular complexity index is 499. The first-order valence-corrected chi connectivity index (χ1v) is 7.05. The second-order valence-corrected chi connectivity index (χ2v) is 5.00. The third-order valence-corrected chi connectivity index (χ3v) is 3.38. The Morgan fingerprint density at radius 2 is 2.16 bits per heavy atom. The SMILES string of the molecule is CCNC(CCc1cccnc1)c1cccc(Cl)c1. The van der Waals surface area contributed by atoms with E-state index in [4.69, 9.17) is 11.6 Å². The van der Waals surface area contributed by atoms with Gasteiger partial charge in [-0.3, -0.25) is 4.98 Å². The molecule has 1 aromatic carbocycles. The Balaban J connectivity index is 2.04. The lowest BCUT2D eigenvalue weighted by Crippen LogP contribution is -2.21. The summed E-state index contributed by atoms with van der Waals surface area (Å²) in [7, 11) is 0. The van der Waals surface area contributed by atoms with E-state index >= 15 is 0 Å². The number of nitrogens with zero attached hydrogens (tertiary/aromatic N) is 1. The van der Waals surface area contributed by atoms with E-state index in [1.54, 1.807) is 0 Å². The Hall–Kier alpha value is -1.38. The summed E-state index contributed by atoms with van der Waals surface area (Å²) < 4.78 is 0. The minimum atomic E-state index is 0.337. The highest BCUT2D eigenvalue weighted by molar-refractivity contribution is 6.30. The highest BCUT2D eigenvalue weighted by Gasteiger charge is 2.10. The van der Waals surface area contributed by atoms with E-state index in [9.17, 15) is 0 Å². The number of benzene rings is 1. The van der Waals surface area contributed by atoms with Crippen LogP contribution < -0.4 is 5.32 Å². The van der Waals surface area contributed by atoms with E-state index in [2.05, 4.69) is 29.4 Å². The van der Waals surface area contributed by atoms with Gasteiger partial charge >= 0.3 is 0 Å². The molecule has 2 aromatic rings. The van der Waals surface area contributed by atoms with Crippen molar-refractivity contribution in [3.05, 3.63) is 64.9 Å². The van der Waals surface area contributed by atoms with Crippen molar-refractivity contribution in [2.75, 3.05) is 6.54 Å². The van der Waals surface area contributed by atoms with Gasteiger partial charge in [0.25, 0.3) is 0 Å². The summed E-state index contributed by atoms with van der Waals surface area (Å²) in [6.07, 6.45) is 5.79. The minimum Gasteiger partial charge on any atom is -0.310 e. The highest BCUT2D eigenvalue weighted by Crippen LogP contribution is 2.22. The van der Waals surface area contributed by atoms with Crippen molar-refractivity contribution in [1.82, 2.24) is 10.3 Å². The molecular formula is C16H19ClN2. The van der Waals surface area contributed by atoms with Crippen LogP contribution in [0.1, 0.15) is 30.5 Å². The summed E-state index contributed by atoms with van der Waals surface area (Å²) in [5, 5.41) is 4.31. The van der Waals surface area contributed by atoms with Gasteiger partial charge in [-0.05, 0) is 48.7 Å².